The van der Waals surface area contributed by atoms with Gasteiger partial charge in [-0.3, -0.25) is 0 Å². The van der Waals surface area contributed by atoms with Crippen LogP contribution in [0.1, 0.15) is 36.4 Å². The van der Waals surface area contributed by atoms with Crippen molar-refractivity contribution in [3.63, 3.8) is 0 Å². The number of halogens is 1. The molecule has 0 radical (unpaired) electrons. The van der Waals surface area contributed by atoms with Crippen molar-refractivity contribution in [2.75, 3.05) is 0 Å². The number of rotatable bonds is 4. The first-order valence-corrected chi connectivity index (χ1v) is 5.90. The van der Waals surface area contributed by atoms with Gasteiger partial charge in [0.15, 0.2) is 0 Å². The van der Waals surface area contributed by atoms with E-state index in [4.69, 9.17) is 12.2 Å². The fourth-order valence-corrected chi connectivity index (χ4v) is 2.09. The molecule has 0 aliphatic carbocycles. The molecule has 1 nitrogen and oxygen atoms in total. The number of benzene rings is 1. The summed E-state index contributed by atoms with van der Waals surface area (Å²) >= 11 is 3.57. The number of terminal acetylenes is 1. The third kappa shape index (κ3) is 3.37. The molecular weight excluding hydrogens is 250 g/mol. The average Bonchev–Trinajstić information content (AvgIpc) is 2.22. The van der Waals surface area contributed by atoms with Gasteiger partial charge >= 0.3 is 0 Å². The minimum absolute atomic E-state index is 0.0765. The molecule has 2 N–H and O–H groups in total. The van der Waals surface area contributed by atoms with Crippen molar-refractivity contribution in [3.05, 3.63) is 33.8 Å². The maximum Gasteiger partial charge on any atom is 0.0306 e. The number of nitrogens with two attached hydrogens (primary N) is 1. The first kappa shape index (κ1) is 12.3. The Morgan fingerprint density at radius 3 is 2.93 bits per heavy atom. The molecule has 0 spiro atoms. The summed E-state index contributed by atoms with van der Waals surface area (Å²) in [5, 5.41) is 0. The molecule has 0 aromatic heterocycles. The highest BCUT2D eigenvalue weighted by atomic mass is 79.9. The van der Waals surface area contributed by atoms with Gasteiger partial charge in [0, 0.05) is 16.9 Å². The summed E-state index contributed by atoms with van der Waals surface area (Å²) in [4.78, 5) is 0. The molecule has 2 heteroatoms. The molecule has 0 fully saturated rings. The van der Waals surface area contributed by atoms with Gasteiger partial charge in [-0.2, -0.15) is 0 Å². The molecule has 0 heterocycles. The smallest absolute Gasteiger partial charge is 0.0306 e. The molecule has 80 valence electrons. The average molecular weight is 266 g/mol. The molecule has 0 saturated heterocycles. The van der Waals surface area contributed by atoms with Gasteiger partial charge in [-0.05, 0) is 30.9 Å². The molecule has 1 aromatic carbocycles. The van der Waals surface area contributed by atoms with Gasteiger partial charge in [0.2, 0.25) is 0 Å². The van der Waals surface area contributed by atoms with Crippen LogP contribution in [0.3, 0.4) is 0 Å². The second kappa shape index (κ2) is 5.95. The van der Waals surface area contributed by atoms with Crippen molar-refractivity contribution in [1.82, 2.24) is 0 Å². The molecule has 0 bridgehead atoms. The zero-order chi connectivity index (χ0) is 11.3. The molecule has 1 aromatic rings. The Labute approximate surface area is 100 Å². The van der Waals surface area contributed by atoms with Crippen LogP contribution in [0.2, 0.25) is 0 Å². The predicted molar refractivity (Wildman–Crippen MR) is 68.5 cm³/mol. The fourth-order valence-electron chi connectivity index (χ4n) is 1.54. The standard InChI is InChI=1S/C13H16BrN/c1-3-4-5-9-12(15)11-8-6-7-10(2)13(11)14/h1,6-8,12H,4-5,9,15H2,2H3. The fraction of sp³-hybridized carbons (Fsp3) is 0.385. The Morgan fingerprint density at radius 2 is 2.27 bits per heavy atom. The van der Waals surface area contributed by atoms with Crippen LogP contribution in [0.15, 0.2) is 22.7 Å². The predicted octanol–water partition coefficient (Wildman–Crippen LogP) is 3.56. The highest BCUT2D eigenvalue weighted by Crippen LogP contribution is 2.27. The van der Waals surface area contributed by atoms with E-state index < -0.39 is 0 Å². The maximum atomic E-state index is 6.11. The number of unbranched alkanes of at least 4 members (excludes halogenated alkanes) is 1. The lowest BCUT2D eigenvalue weighted by molar-refractivity contribution is 0.618. The van der Waals surface area contributed by atoms with Gasteiger partial charge < -0.3 is 5.73 Å². The lowest BCUT2D eigenvalue weighted by Crippen LogP contribution is -2.11. The molecule has 0 saturated carbocycles. The molecule has 0 aliphatic heterocycles. The highest BCUT2D eigenvalue weighted by molar-refractivity contribution is 9.10. The van der Waals surface area contributed by atoms with Gasteiger partial charge in [-0.25, -0.2) is 0 Å². The van der Waals surface area contributed by atoms with E-state index in [-0.39, 0.29) is 6.04 Å². The quantitative estimate of drug-likeness (QED) is 0.654. The van der Waals surface area contributed by atoms with E-state index in [1.165, 1.54) is 11.1 Å². The van der Waals surface area contributed by atoms with E-state index in [0.717, 1.165) is 23.7 Å². The summed E-state index contributed by atoms with van der Waals surface area (Å²) in [7, 11) is 0. The summed E-state index contributed by atoms with van der Waals surface area (Å²) in [6, 6.07) is 6.25. The van der Waals surface area contributed by atoms with Crippen LogP contribution in [-0.2, 0) is 0 Å². The van der Waals surface area contributed by atoms with Crippen molar-refractivity contribution < 1.29 is 0 Å². The molecule has 1 rings (SSSR count). The molecular formula is C13H16BrN. The van der Waals surface area contributed by atoms with Crippen molar-refractivity contribution >= 4 is 15.9 Å². The van der Waals surface area contributed by atoms with E-state index in [1.807, 2.05) is 6.07 Å². The van der Waals surface area contributed by atoms with Crippen molar-refractivity contribution in [3.8, 4) is 12.3 Å². The van der Waals surface area contributed by atoms with Crippen LogP contribution in [0, 0.1) is 19.3 Å². The SMILES string of the molecule is C#CCCCC(N)c1cccc(C)c1Br. The first-order chi connectivity index (χ1) is 7.16. The van der Waals surface area contributed by atoms with E-state index in [2.05, 4.69) is 40.9 Å². The minimum atomic E-state index is 0.0765. The molecule has 0 aliphatic rings. The van der Waals surface area contributed by atoms with Gasteiger partial charge in [0.1, 0.15) is 0 Å². The van der Waals surface area contributed by atoms with Crippen molar-refractivity contribution in [1.29, 1.82) is 0 Å². The largest absolute Gasteiger partial charge is 0.324 e. The second-order valence-corrected chi connectivity index (χ2v) is 4.47. The third-order valence-electron chi connectivity index (χ3n) is 2.46. The number of hydrogen-bond acceptors (Lipinski definition) is 1. The van der Waals surface area contributed by atoms with Crippen LogP contribution >= 0.6 is 15.9 Å². The topological polar surface area (TPSA) is 26.0 Å². The minimum Gasteiger partial charge on any atom is -0.324 e. The van der Waals surface area contributed by atoms with Gasteiger partial charge in [0.25, 0.3) is 0 Å². The normalized spacial score (nSPS) is 12.1. The molecule has 0 amide bonds. The van der Waals surface area contributed by atoms with Crippen LogP contribution < -0.4 is 5.73 Å². The van der Waals surface area contributed by atoms with E-state index >= 15 is 0 Å². The van der Waals surface area contributed by atoms with Gasteiger partial charge in [-0.15, -0.1) is 12.3 Å². The highest BCUT2D eigenvalue weighted by Gasteiger charge is 2.10. The van der Waals surface area contributed by atoms with Crippen molar-refractivity contribution in [2.45, 2.75) is 32.2 Å². The summed E-state index contributed by atoms with van der Waals surface area (Å²) in [6.45, 7) is 2.07. The van der Waals surface area contributed by atoms with E-state index in [9.17, 15) is 0 Å². The van der Waals surface area contributed by atoms with Crippen LogP contribution in [0.5, 0.6) is 0 Å². The van der Waals surface area contributed by atoms with Gasteiger partial charge in [-0.1, -0.05) is 34.1 Å². The summed E-state index contributed by atoms with van der Waals surface area (Å²) in [6.07, 6.45) is 7.93. The molecule has 15 heavy (non-hydrogen) atoms. The van der Waals surface area contributed by atoms with E-state index in [0.29, 0.717) is 0 Å². The lowest BCUT2D eigenvalue weighted by atomic mass is 10.0. The van der Waals surface area contributed by atoms with E-state index in [1.54, 1.807) is 0 Å². The summed E-state index contributed by atoms with van der Waals surface area (Å²) in [5.74, 6) is 2.63. The second-order valence-electron chi connectivity index (χ2n) is 3.68. The monoisotopic (exact) mass is 265 g/mol. The maximum absolute atomic E-state index is 6.11. The Morgan fingerprint density at radius 1 is 1.53 bits per heavy atom. The van der Waals surface area contributed by atoms with Crippen LogP contribution in [0.25, 0.3) is 0 Å². The van der Waals surface area contributed by atoms with Crippen LogP contribution in [0.4, 0.5) is 0 Å². The summed E-state index contributed by atoms with van der Waals surface area (Å²) in [5.41, 5.74) is 8.50. The zero-order valence-electron chi connectivity index (χ0n) is 8.96. The first-order valence-electron chi connectivity index (χ1n) is 5.11. The Bertz CT molecular complexity index is 365. The Kier molecular flexibility index (Phi) is 4.87. The third-order valence-corrected chi connectivity index (χ3v) is 3.54. The Hall–Kier alpha value is -0.780. The van der Waals surface area contributed by atoms with Gasteiger partial charge in [0.05, 0.1) is 0 Å². The Balaban J connectivity index is 2.70. The molecule has 1 unspecified atom stereocenters. The zero-order valence-corrected chi connectivity index (χ0v) is 10.5. The lowest BCUT2D eigenvalue weighted by Gasteiger charge is -2.14. The van der Waals surface area contributed by atoms with Crippen LogP contribution in [-0.4, -0.2) is 0 Å². The molecule has 1 atom stereocenters. The number of hydrogen-bond donors (Lipinski definition) is 1. The van der Waals surface area contributed by atoms with Crippen molar-refractivity contribution in [2.24, 2.45) is 5.73 Å². The number of aryl methyl sites for hydroxylation is 1. The summed E-state index contributed by atoms with van der Waals surface area (Å²) < 4.78 is 1.12.